The Bertz CT molecular complexity index is 704. The van der Waals surface area contributed by atoms with E-state index in [0.29, 0.717) is 30.0 Å². The van der Waals surface area contributed by atoms with Crippen molar-refractivity contribution in [1.82, 2.24) is 5.32 Å². The van der Waals surface area contributed by atoms with Gasteiger partial charge in [-0.3, -0.25) is 4.79 Å². The first-order chi connectivity index (χ1) is 12.6. The van der Waals surface area contributed by atoms with E-state index in [1.165, 1.54) is 18.9 Å². The molecular formula is C20H23NO4S. The fourth-order valence-corrected chi connectivity index (χ4v) is 3.18. The van der Waals surface area contributed by atoms with Crippen LogP contribution >= 0.6 is 11.8 Å². The number of aliphatic hydroxyl groups excluding tert-OH is 1. The molecule has 0 aliphatic carbocycles. The van der Waals surface area contributed by atoms with Crippen molar-refractivity contribution in [3.05, 3.63) is 71.3 Å². The van der Waals surface area contributed by atoms with Gasteiger partial charge in [0.15, 0.2) is 0 Å². The molecule has 0 spiro atoms. The molecule has 2 N–H and O–H groups in total. The van der Waals surface area contributed by atoms with E-state index < -0.39 is 6.10 Å². The summed E-state index contributed by atoms with van der Waals surface area (Å²) in [5, 5.41) is 12.9. The topological polar surface area (TPSA) is 75.6 Å². The number of rotatable bonds is 9. The second-order valence-corrected chi connectivity index (χ2v) is 6.76. The third-order valence-corrected chi connectivity index (χ3v) is 4.82. The molecule has 0 heterocycles. The van der Waals surface area contributed by atoms with Crippen LogP contribution in [0.1, 0.15) is 27.6 Å². The number of methoxy groups -OCH3 is 1. The summed E-state index contributed by atoms with van der Waals surface area (Å²) in [6, 6.07) is 16.5. The normalized spacial score (nSPS) is 11.6. The summed E-state index contributed by atoms with van der Waals surface area (Å²) >= 11 is 1.40. The second-order valence-electron chi connectivity index (χ2n) is 5.73. The summed E-state index contributed by atoms with van der Waals surface area (Å²) in [6.07, 6.45) is 0.118. The molecule has 0 aliphatic rings. The van der Waals surface area contributed by atoms with Crippen molar-refractivity contribution in [2.75, 3.05) is 25.2 Å². The van der Waals surface area contributed by atoms with Gasteiger partial charge in [-0.05, 0) is 29.7 Å². The molecule has 0 aliphatic heterocycles. The third kappa shape index (κ3) is 6.54. The number of thioether (sulfide) groups is 1. The molecule has 0 saturated heterocycles. The predicted octanol–water partition coefficient (Wildman–Crippen LogP) is 2.60. The largest absolute Gasteiger partial charge is 0.465 e. The predicted molar refractivity (Wildman–Crippen MR) is 103 cm³/mol. The Morgan fingerprint density at radius 3 is 2.46 bits per heavy atom. The van der Waals surface area contributed by atoms with Gasteiger partial charge >= 0.3 is 5.97 Å². The highest BCUT2D eigenvalue weighted by molar-refractivity contribution is 7.99. The zero-order valence-electron chi connectivity index (χ0n) is 14.7. The van der Waals surface area contributed by atoms with Crippen LogP contribution in [0.15, 0.2) is 54.6 Å². The van der Waals surface area contributed by atoms with Crippen molar-refractivity contribution in [2.24, 2.45) is 0 Å². The van der Waals surface area contributed by atoms with Crippen molar-refractivity contribution >= 4 is 23.6 Å². The van der Waals surface area contributed by atoms with E-state index >= 15 is 0 Å². The van der Waals surface area contributed by atoms with Crippen molar-refractivity contribution in [3.8, 4) is 0 Å². The van der Waals surface area contributed by atoms with Gasteiger partial charge in [-0.2, -0.15) is 0 Å². The molecule has 2 aromatic rings. The maximum Gasteiger partial charge on any atom is 0.337 e. The van der Waals surface area contributed by atoms with Crippen LogP contribution in [0.5, 0.6) is 0 Å². The lowest BCUT2D eigenvalue weighted by atomic mass is 10.1. The maximum absolute atomic E-state index is 11.9. The minimum absolute atomic E-state index is 0.0542. The van der Waals surface area contributed by atoms with Crippen LogP contribution in [0.2, 0.25) is 0 Å². The molecule has 1 atom stereocenters. The van der Waals surface area contributed by atoms with E-state index in [0.717, 1.165) is 11.1 Å². The number of benzene rings is 2. The second kappa shape index (κ2) is 10.6. The van der Waals surface area contributed by atoms with Gasteiger partial charge in [0, 0.05) is 12.3 Å². The molecule has 2 rings (SSSR count). The average Bonchev–Trinajstić information content (AvgIpc) is 2.68. The van der Waals surface area contributed by atoms with E-state index in [1.54, 1.807) is 12.1 Å². The van der Waals surface area contributed by atoms with Gasteiger partial charge in [-0.1, -0.05) is 42.5 Å². The molecule has 6 heteroatoms. The van der Waals surface area contributed by atoms with Crippen molar-refractivity contribution < 1.29 is 19.4 Å². The first-order valence-corrected chi connectivity index (χ1v) is 9.50. The van der Waals surface area contributed by atoms with Gasteiger partial charge in [-0.25, -0.2) is 4.79 Å². The molecule has 0 saturated carbocycles. The zero-order chi connectivity index (χ0) is 18.8. The number of hydrogen-bond acceptors (Lipinski definition) is 5. The Kier molecular flexibility index (Phi) is 8.18. The van der Waals surface area contributed by atoms with Crippen molar-refractivity contribution in [3.63, 3.8) is 0 Å². The van der Waals surface area contributed by atoms with Crippen LogP contribution in [0, 0.1) is 0 Å². The molecule has 1 unspecified atom stereocenters. The Morgan fingerprint density at radius 1 is 1.12 bits per heavy atom. The summed E-state index contributed by atoms with van der Waals surface area (Å²) in [6.45, 7) is 0.526. The van der Waals surface area contributed by atoms with Gasteiger partial charge in [0.1, 0.15) is 0 Å². The zero-order valence-corrected chi connectivity index (χ0v) is 15.5. The van der Waals surface area contributed by atoms with Crippen molar-refractivity contribution in [2.45, 2.75) is 12.5 Å². The summed E-state index contributed by atoms with van der Waals surface area (Å²) in [5.74, 6) is 0.374. The Balaban J connectivity index is 1.63. The Morgan fingerprint density at radius 2 is 1.81 bits per heavy atom. The number of ether oxygens (including phenoxy) is 1. The summed E-state index contributed by atoms with van der Waals surface area (Å²) in [7, 11) is 1.35. The van der Waals surface area contributed by atoms with E-state index in [-0.39, 0.29) is 11.9 Å². The SMILES string of the molecule is COC(=O)c1ccc(CCNC(=O)CSCC(O)c2ccccc2)cc1. The van der Waals surface area contributed by atoms with Crippen LogP contribution in [-0.2, 0) is 16.0 Å². The lowest BCUT2D eigenvalue weighted by molar-refractivity contribution is -0.118. The minimum Gasteiger partial charge on any atom is -0.465 e. The highest BCUT2D eigenvalue weighted by Crippen LogP contribution is 2.17. The molecule has 0 radical (unpaired) electrons. The number of amides is 1. The lowest BCUT2D eigenvalue weighted by Crippen LogP contribution is -2.27. The first kappa shape index (κ1) is 20.0. The van der Waals surface area contributed by atoms with E-state index in [4.69, 9.17) is 0 Å². The van der Waals surface area contributed by atoms with Crippen LogP contribution in [0.4, 0.5) is 0 Å². The fraction of sp³-hybridized carbons (Fsp3) is 0.300. The highest BCUT2D eigenvalue weighted by atomic mass is 32.2. The lowest BCUT2D eigenvalue weighted by Gasteiger charge is -2.10. The monoisotopic (exact) mass is 373 g/mol. The molecular weight excluding hydrogens is 350 g/mol. The van der Waals surface area contributed by atoms with Crippen LogP contribution in [0.25, 0.3) is 0 Å². The van der Waals surface area contributed by atoms with Crippen molar-refractivity contribution in [1.29, 1.82) is 0 Å². The molecule has 0 aromatic heterocycles. The Labute approximate surface area is 157 Å². The minimum atomic E-state index is -0.567. The number of carbonyl (C=O) groups excluding carboxylic acids is 2. The number of nitrogens with one attached hydrogen (secondary N) is 1. The maximum atomic E-state index is 11.9. The summed E-state index contributed by atoms with van der Waals surface area (Å²) in [5.41, 5.74) is 2.40. The van der Waals surface area contributed by atoms with Gasteiger partial charge in [0.05, 0.1) is 24.5 Å². The van der Waals surface area contributed by atoms with Gasteiger partial charge < -0.3 is 15.2 Å². The van der Waals surface area contributed by atoms with E-state index in [1.807, 2.05) is 42.5 Å². The average molecular weight is 373 g/mol. The molecule has 1 amide bonds. The van der Waals surface area contributed by atoms with E-state index in [9.17, 15) is 14.7 Å². The van der Waals surface area contributed by atoms with Gasteiger partial charge in [0.2, 0.25) is 5.91 Å². The number of hydrogen-bond donors (Lipinski definition) is 2. The Hall–Kier alpha value is -2.31. The summed E-state index contributed by atoms with van der Waals surface area (Å²) < 4.78 is 4.66. The first-order valence-electron chi connectivity index (χ1n) is 8.35. The summed E-state index contributed by atoms with van der Waals surface area (Å²) in [4.78, 5) is 23.2. The highest BCUT2D eigenvalue weighted by Gasteiger charge is 2.09. The van der Waals surface area contributed by atoms with Gasteiger partial charge in [-0.15, -0.1) is 11.8 Å². The van der Waals surface area contributed by atoms with Gasteiger partial charge in [0.25, 0.3) is 0 Å². The molecule has 5 nitrogen and oxygen atoms in total. The smallest absolute Gasteiger partial charge is 0.337 e. The number of aliphatic hydroxyl groups is 1. The van der Waals surface area contributed by atoms with Crippen LogP contribution in [-0.4, -0.2) is 42.1 Å². The number of carbonyl (C=O) groups is 2. The van der Waals surface area contributed by atoms with Crippen LogP contribution in [0.3, 0.4) is 0 Å². The molecule has 138 valence electrons. The molecule has 26 heavy (non-hydrogen) atoms. The molecule has 2 aromatic carbocycles. The molecule has 0 bridgehead atoms. The quantitative estimate of drug-likeness (QED) is 0.661. The standard InChI is InChI=1S/C20H23NO4S/c1-25-20(24)17-9-7-15(8-10-17)11-12-21-19(23)14-26-13-18(22)16-5-3-2-4-6-16/h2-10,18,22H,11-14H2,1H3,(H,21,23). The number of esters is 1. The fourth-order valence-electron chi connectivity index (χ4n) is 2.36. The third-order valence-electron chi connectivity index (χ3n) is 3.80. The van der Waals surface area contributed by atoms with E-state index in [2.05, 4.69) is 10.1 Å². The molecule has 0 fully saturated rings. The van der Waals surface area contributed by atoms with Crippen LogP contribution < -0.4 is 5.32 Å².